The zero-order valence-corrected chi connectivity index (χ0v) is 12.5. The van der Waals surface area contributed by atoms with Crippen LogP contribution in [0.5, 0.6) is 0 Å². The van der Waals surface area contributed by atoms with Crippen molar-refractivity contribution >= 4 is 0 Å². The second kappa shape index (κ2) is 7.58. The van der Waals surface area contributed by atoms with Gasteiger partial charge in [0.05, 0.1) is 18.8 Å². The van der Waals surface area contributed by atoms with E-state index in [0.717, 1.165) is 65.3 Å². The highest BCUT2D eigenvalue weighted by Crippen LogP contribution is 2.37. The van der Waals surface area contributed by atoms with Crippen molar-refractivity contribution in [1.29, 1.82) is 0 Å². The van der Waals surface area contributed by atoms with Gasteiger partial charge in [0.2, 0.25) is 0 Å². The van der Waals surface area contributed by atoms with Gasteiger partial charge >= 0.3 is 0 Å². The fourth-order valence-corrected chi connectivity index (χ4v) is 3.25. The SMILES string of the molecule is CCCOCC(NCC)C1CCOC2(CCOC2)C1. The Hall–Kier alpha value is -0.160. The molecule has 4 nitrogen and oxygen atoms in total. The highest BCUT2D eigenvalue weighted by atomic mass is 16.6. The third kappa shape index (κ3) is 4.15. The topological polar surface area (TPSA) is 39.7 Å². The summed E-state index contributed by atoms with van der Waals surface area (Å²) in [7, 11) is 0. The van der Waals surface area contributed by atoms with E-state index in [2.05, 4.69) is 19.2 Å². The van der Waals surface area contributed by atoms with Crippen LogP contribution in [0.1, 0.15) is 39.5 Å². The van der Waals surface area contributed by atoms with Crippen molar-refractivity contribution in [1.82, 2.24) is 5.32 Å². The third-order valence-electron chi connectivity index (χ3n) is 4.28. The number of ether oxygens (including phenoxy) is 3. The van der Waals surface area contributed by atoms with Crippen molar-refractivity contribution in [3.05, 3.63) is 0 Å². The van der Waals surface area contributed by atoms with Gasteiger partial charge in [-0.3, -0.25) is 0 Å². The molecule has 1 N–H and O–H groups in total. The molecule has 0 saturated carbocycles. The van der Waals surface area contributed by atoms with Crippen LogP contribution in [0.4, 0.5) is 0 Å². The summed E-state index contributed by atoms with van der Waals surface area (Å²) in [6, 6.07) is 0.456. The van der Waals surface area contributed by atoms with Crippen LogP contribution in [0.2, 0.25) is 0 Å². The molecule has 2 aliphatic rings. The fraction of sp³-hybridized carbons (Fsp3) is 1.00. The molecule has 1 spiro atoms. The zero-order chi connectivity index (χ0) is 13.6. The Morgan fingerprint density at radius 1 is 1.37 bits per heavy atom. The second-order valence-electron chi connectivity index (χ2n) is 5.83. The summed E-state index contributed by atoms with van der Waals surface area (Å²) in [5.74, 6) is 0.646. The lowest BCUT2D eigenvalue weighted by atomic mass is 9.81. The predicted molar refractivity (Wildman–Crippen MR) is 75.4 cm³/mol. The van der Waals surface area contributed by atoms with Crippen LogP contribution in [-0.4, -0.2) is 51.2 Å². The van der Waals surface area contributed by atoms with E-state index in [4.69, 9.17) is 14.2 Å². The molecule has 2 fully saturated rings. The smallest absolute Gasteiger partial charge is 0.0939 e. The monoisotopic (exact) mass is 271 g/mol. The van der Waals surface area contributed by atoms with E-state index in [1.54, 1.807) is 0 Å². The van der Waals surface area contributed by atoms with Gasteiger partial charge in [-0.15, -0.1) is 0 Å². The van der Waals surface area contributed by atoms with Crippen molar-refractivity contribution < 1.29 is 14.2 Å². The van der Waals surface area contributed by atoms with Gasteiger partial charge in [-0.05, 0) is 31.7 Å². The van der Waals surface area contributed by atoms with E-state index < -0.39 is 0 Å². The molecule has 112 valence electrons. The van der Waals surface area contributed by atoms with E-state index in [-0.39, 0.29) is 5.60 Å². The molecule has 0 aromatic rings. The van der Waals surface area contributed by atoms with Gasteiger partial charge in [-0.2, -0.15) is 0 Å². The average Bonchev–Trinajstić information content (AvgIpc) is 2.86. The summed E-state index contributed by atoms with van der Waals surface area (Å²) >= 11 is 0. The first kappa shape index (κ1) is 15.2. The van der Waals surface area contributed by atoms with Crippen LogP contribution < -0.4 is 5.32 Å². The third-order valence-corrected chi connectivity index (χ3v) is 4.28. The lowest BCUT2D eigenvalue weighted by Crippen LogP contribution is -2.49. The van der Waals surface area contributed by atoms with Gasteiger partial charge in [0.1, 0.15) is 0 Å². The van der Waals surface area contributed by atoms with Crippen LogP contribution in [-0.2, 0) is 14.2 Å². The van der Waals surface area contributed by atoms with E-state index in [9.17, 15) is 0 Å². The van der Waals surface area contributed by atoms with Crippen LogP contribution in [0.25, 0.3) is 0 Å². The molecule has 3 atom stereocenters. The largest absolute Gasteiger partial charge is 0.380 e. The van der Waals surface area contributed by atoms with Gasteiger partial charge < -0.3 is 19.5 Å². The lowest BCUT2D eigenvalue weighted by Gasteiger charge is -2.40. The molecule has 0 radical (unpaired) electrons. The first-order valence-electron chi connectivity index (χ1n) is 7.82. The molecule has 2 rings (SSSR count). The predicted octanol–water partition coefficient (Wildman–Crippen LogP) is 1.98. The normalized spacial score (nSPS) is 32.8. The number of nitrogens with one attached hydrogen (secondary N) is 1. The number of likely N-dealkylation sites (N-methyl/N-ethyl adjacent to an activating group) is 1. The van der Waals surface area contributed by atoms with Crippen LogP contribution in [0, 0.1) is 5.92 Å². The molecule has 0 aromatic carbocycles. The fourth-order valence-electron chi connectivity index (χ4n) is 3.25. The summed E-state index contributed by atoms with van der Waals surface area (Å²) in [4.78, 5) is 0. The van der Waals surface area contributed by atoms with E-state index in [1.165, 1.54) is 0 Å². The summed E-state index contributed by atoms with van der Waals surface area (Å²) in [6.07, 6.45) is 4.39. The molecule has 2 aliphatic heterocycles. The minimum Gasteiger partial charge on any atom is -0.380 e. The van der Waals surface area contributed by atoms with Crippen molar-refractivity contribution in [2.75, 3.05) is 39.6 Å². The molecule has 0 aliphatic carbocycles. The molecule has 4 heteroatoms. The Bertz CT molecular complexity index is 254. The van der Waals surface area contributed by atoms with Crippen LogP contribution in [0.3, 0.4) is 0 Å². The van der Waals surface area contributed by atoms with Gasteiger partial charge in [0.25, 0.3) is 0 Å². The molecule has 2 heterocycles. The number of hydrogen-bond acceptors (Lipinski definition) is 4. The first-order valence-corrected chi connectivity index (χ1v) is 7.82. The molecule has 2 saturated heterocycles. The maximum absolute atomic E-state index is 6.02. The standard InChI is InChI=1S/C15H29NO3/c1-3-7-17-11-14(16-4-2)13-5-8-19-15(10-13)6-9-18-12-15/h13-14,16H,3-12H2,1-2H3. The average molecular weight is 271 g/mol. The molecule has 0 aromatic heterocycles. The Labute approximate surface area is 117 Å². The molecule has 3 unspecified atom stereocenters. The van der Waals surface area contributed by atoms with Crippen molar-refractivity contribution in [3.8, 4) is 0 Å². The maximum Gasteiger partial charge on any atom is 0.0939 e. The molecular formula is C15H29NO3. The van der Waals surface area contributed by atoms with Gasteiger partial charge in [0, 0.05) is 32.3 Å². The van der Waals surface area contributed by atoms with Gasteiger partial charge in [-0.1, -0.05) is 13.8 Å². The van der Waals surface area contributed by atoms with Crippen LogP contribution >= 0.6 is 0 Å². The summed E-state index contributed by atoms with van der Waals surface area (Å²) < 4.78 is 17.3. The molecule has 0 bridgehead atoms. The quantitative estimate of drug-likeness (QED) is 0.719. The Morgan fingerprint density at radius 3 is 2.95 bits per heavy atom. The van der Waals surface area contributed by atoms with Crippen LogP contribution in [0.15, 0.2) is 0 Å². The minimum absolute atomic E-state index is 0.00133. The molecule has 19 heavy (non-hydrogen) atoms. The lowest BCUT2D eigenvalue weighted by molar-refractivity contribution is -0.106. The highest BCUT2D eigenvalue weighted by Gasteiger charge is 2.42. The van der Waals surface area contributed by atoms with E-state index >= 15 is 0 Å². The maximum atomic E-state index is 6.02. The van der Waals surface area contributed by atoms with Gasteiger partial charge in [-0.25, -0.2) is 0 Å². The number of hydrogen-bond donors (Lipinski definition) is 1. The zero-order valence-electron chi connectivity index (χ0n) is 12.5. The van der Waals surface area contributed by atoms with Crippen molar-refractivity contribution in [2.45, 2.75) is 51.2 Å². The van der Waals surface area contributed by atoms with Gasteiger partial charge in [0.15, 0.2) is 0 Å². The van der Waals surface area contributed by atoms with E-state index in [0.29, 0.717) is 12.0 Å². The number of rotatable bonds is 7. The summed E-state index contributed by atoms with van der Waals surface area (Å²) in [6.45, 7) is 9.50. The minimum atomic E-state index is 0.00133. The van der Waals surface area contributed by atoms with Crippen molar-refractivity contribution in [2.24, 2.45) is 5.92 Å². The summed E-state index contributed by atoms with van der Waals surface area (Å²) in [5.41, 5.74) is 0.00133. The Kier molecular flexibility index (Phi) is 6.07. The second-order valence-corrected chi connectivity index (χ2v) is 5.83. The Balaban J connectivity index is 1.88. The molecule has 0 amide bonds. The highest BCUT2D eigenvalue weighted by molar-refractivity contribution is 4.93. The summed E-state index contributed by atoms with van der Waals surface area (Å²) in [5, 5.41) is 3.60. The Morgan fingerprint density at radius 2 is 2.26 bits per heavy atom. The van der Waals surface area contributed by atoms with E-state index in [1.807, 2.05) is 0 Å². The molecular weight excluding hydrogens is 242 g/mol. The van der Waals surface area contributed by atoms with Crippen molar-refractivity contribution in [3.63, 3.8) is 0 Å². The first-order chi connectivity index (χ1) is 9.29.